The smallest absolute Gasteiger partial charge is 0.295 e. The number of rotatable bonds is 4. The van der Waals surface area contributed by atoms with Crippen molar-refractivity contribution >= 4 is 34.4 Å². The van der Waals surface area contributed by atoms with Gasteiger partial charge in [0.25, 0.3) is 17.6 Å². The molecule has 0 atom stereocenters. The molecule has 1 fully saturated rings. The number of fused-ring (bicyclic) bond motifs is 1. The average molecular weight is 427 g/mol. The van der Waals surface area contributed by atoms with E-state index in [9.17, 15) is 23.6 Å². The van der Waals surface area contributed by atoms with E-state index in [1.54, 1.807) is 4.90 Å². The third-order valence-corrected chi connectivity index (χ3v) is 5.20. The monoisotopic (exact) mass is 427 g/mol. The van der Waals surface area contributed by atoms with Gasteiger partial charge in [0.15, 0.2) is 5.82 Å². The first-order valence-electron chi connectivity index (χ1n) is 9.38. The average Bonchev–Trinajstić information content (AvgIpc) is 3.41. The number of piperazine rings is 1. The lowest BCUT2D eigenvalue weighted by Gasteiger charge is -2.33. The van der Waals surface area contributed by atoms with Crippen LogP contribution < -0.4 is 5.73 Å². The molecule has 1 saturated heterocycles. The molecular weight excluding hydrogens is 409 g/mol. The molecule has 1 aliphatic heterocycles. The summed E-state index contributed by atoms with van der Waals surface area (Å²) >= 11 is 0. The number of nitrogens with zero attached hydrogens (tertiary/aromatic N) is 4. The van der Waals surface area contributed by atoms with Gasteiger partial charge >= 0.3 is 0 Å². The van der Waals surface area contributed by atoms with E-state index in [2.05, 4.69) is 20.2 Å². The van der Waals surface area contributed by atoms with E-state index in [4.69, 9.17) is 5.73 Å². The van der Waals surface area contributed by atoms with Crippen molar-refractivity contribution < 1.29 is 23.6 Å². The van der Waals surface area contributed by atoms with Gasteiger partial charge in [-0.25, -0.2) is 9.37 Å². The highest BCUT2D eigenvalue weighted by molar-refractivity contribution is 6.45. The highest BCUT2D eigenvalue weighted by Gasteiger charge is 2.30. The van der Waals surface area contributed by atoms with E-state index in [1.165, 1.54) is 24.1 Å². The number of nitrogens with one attached hydrogen (secondary N) is 2. The number of hydrogen-bond donors (Lipinski definition) is 3. The predicted molar refractivity (Wildman–Crippen MR) is 105 cm³/mol. The molecule has 4 N–H and O–H groups in total. The molecule has 0 radical (unpaired) electrons. The summed E-state index contributed by atoms with van der Waals surface area (Å²) in [6.07, 6.45) is 2.16. The number of nitrogens with two attached hydrogens (primary N) is 1. The molecule has 4 rings (SSSR count). The Bertz CT molecular complexity index is 1220. The molecule has 12 heteroatoms. The van der Waals surface area contributed by atoms with Gasteiger partial charge in [-0.3, -0.25) is 24.3 Å². The SMILES string of the molecule is CC(=O)N1CCN(C(=O)C(=O)c2c[nH]c3c(-c4cc(C(N)=O)[nH]n4)ncc(F)c23)CC1. The third-order valence-electron chi connectivity index (χ3n) is 5.20. The summed E-state index contributed by atoms with van der Waals surface area (Å²) in [5, 5.41) is 6.30. The molecule has 1 aliphatic rings. The Morgan fingerprint density at radius 1 is 1.13 bits per heavy atom. The maximum absolute atomic E-state index is 14.6. The number of carbonyl (C=O) groups is 4. The fraction of sp³-hybridized carbons (Fsp3) is 0.263. The summed E-state index contributed by atoms with van der Waals surface area (Å²) in [6, 6.07) is 1.35. The van der Waals surface area contributed by atoms with Crippen LogP contribution in [0.15, 0.2) is 18.5 Å². The second kappa shape index (κ2) is 7.63. The highest BCUT2D eigenvalue weighted by atomic mass is 19.1. The van der Waals surface area contributed by atoms with E-state index >= 15 is 0 Å². The number of halogens is 1. The van der Waals surface area contributed by atoms with Gasteiger partial charge < -0.3 is 20.5 Å². The van der Waals surface area contributed by atoms with Crippen molar-refractivity contribution in [2.75, 3.05) is 26.2 Å². The maximum Gasteiger partial charge on any atom is 0.295 e. The normalized spacial score (nSPS) is 14.1. The molecule has 3 aromatic rings. The Labute approximate surface area is 174 Å². The summed E-state index contributed by atoms with van der Waals surface area (Å²) in [5.41, 5.74) is 5.66. The number of hydrogen-bond acceptors (Lipinski definition) is 6. The van der Waals surface area contributed by atoms with Gasteiger partial charge in [-0.2, -0.15) is 5.10 Å². The van der Waals surface area contributed by atoms with Gasteiger partial charge in [-0.1, -0.05) is 0 Å². The fourth-order valence-electron chi connectivity index (χ4n) is 3.53. The van der Waals surface area contributed by atoms with Crippen LogP contribution in [-0.4, -0.2) is 79.6 Å². The zero-order valence-electron chi connectivity index (χ0n) is 16.4. The minimum absolute atomic E-state index is 0.0389. The van der Waals surface area contributed by atoms with Gasteiger partial charge in [-0.05, 0) is 6.07 Å². The standard InChI is InChI=1S/C19H18FN7O4/c1-9(28)26-2-4-27(5-3-26)19(31)17(29)10-7-22-16-14(10)11(20)8-23-15(16)12-6-13(18(21)30)25-24-12/h6-8,22H,2-5H2,1H3,(H2,21,30)(H,24,25). The second-order valence-corrected chi connectivity index (χ2v) is 7.07. The Hall–Kier alpha value is -4.09. The van der Waals surface area contributed by atoms with Gasteiger partial charge in [0.2, 0.25) is 5.91 Å². The molecule has 0 bridgehead atoms. The molecule has 0 spiro atoms. The van der Waals surface area contributed by atoms with Crippen LogP contribution in [0, 0.1) is 5.82 Å². The number of aromatic nitrogens is 4. The van der Waals surface area contributed by atoms with Crippen LogP contribution in [0.4, 0.5) is 4.39 Å². The van der Waals surface area contributed by atoms with Crippen LogP contribution in [0.3, 0.4) is 0 Å². The molecular formula is C19H18FN7O4. The Balaban J connectivity index is 1.65. The summed E-state index contributed by atoms with van der Waals surface area (Å²) in [5.74, 6) is -3.27. The van der Waals surface area contributed by atoms with Crippen molar-refractivity contribution in [2.24, 2.45) is 5.73 Å². The van der Waals surface area contributed by atoms with Crippen LogP contribution >= 0.6 is 0 Å². The fourth-order valence-corrected chi connectivity index (χ4v) is 3.53. The molecule has 4 heterocycles. The van der Waals surface area contributed by atoms with E-state index in [0.29, 0.717) is 13.1 Å². The van der Waals surface area contributed by atoms with Crippen LogP contribution in [0.2, 0.25) is 0 Å². The van der Waals surface area contributed by atoms with E-state index in [0.717, 1.165) is 6.20 Å². The van der Waals surface area contributed by atoms with Crippen molar-refractivity contribution in [2.45, 2.75) is 6.92 Å². The molecule has 0 unspecified atom stereocenters. The first-order valence-corrected chi connectivity index (χ1v) is 9.38. The maximum atomic E-state index is 14.6. The van der Waals surface area contributed by atoms with E-state index in [1.807, 2.05) is 0 Å². The Morgan fingerprint density at radius 3 is 2.42 bits per heavy atom. The number of ketones is 1. The quantitative estimate of drug-likeness (QED) is 0.395. The number of primary amides is 1. The molecule has 0 aliphatic carbocycles. The first-order chi connectivity index (χ1) is 14.8. The summed E-state index contributed by atoms with van der Waals surface area (Å²) in [7, 11) is 0. The molecule has 0 aromatic carbocycles. The number of pyridine rings is 1. The largest absolute Gasteiger partial charge is 0.364 e. The minimum atomic E-state index is -0.876. The predicted octanol–water partition coefficient (Wildman–Crippen LogP) is 0.0644. The van der Waals surface area contributed by atoms with Crippen molar-refractivity contribution in [3.8, 4) is 11.4 Å². The molecule has 3 aromatic heterocycles. The zero-order valence-corrected chi connectivity index (χ0v) is 16.4. The van der Waals surface area contributed by atoms with Crippen LogP contribution in [-0.2, 0) is 9.59 Å². The third kappa shape index (κ3) is 3.52. The molecule has 31 heavy (non-hydrogen) atoms. The number of H-pyrrole nitrogens is 2. The van der Waals surface area contributed by atoms with Crippen molar-refractivity contribution in [1.82, 2.24) is 30.0 Å². The van der Waals surface area contributed by atoms with Gasteiger partial charge in [0, 0.05) is 39.3 Å². The first kappa shape index (κ1) is 20.2. The topological polar surface area (TPSA) is 158 Å². The van der Waals surface area contributed by atoms with Gasteiger partial charge in [0.1, 0.15) is 17.1 Å². The number of Topliss-reactive ketones (excluding diaryl/α,β-unsaturated/α-hetero) is 1. The molecule has 11 nitrogen and oxygen atoms in total. The van der Waals surface area contributed by atoms with Crippen LogP contribution in [0.5, 0.6) is 0 Å². The lowest BCUT2D eigenvalue weighted by molar-refractivity contribution is -0.135. The Kier molecular flexibility index (Phi) is 4.97. The van der Waals surface area contributed by atoms with Crippen LogP contribution in [0.1, 0.15) is 27.8 Å². The van der Waals surface area contributed by atoms with Crippen molar-refractivity contribution in [3.05, 3.63) is 35.5 Å². The van der Waals surface area contributed by atoms with E-state index < -0.39 is 23.4 Å². The minimum Gasteiger partial charge on any atom is -0.364 e. The van der Waals surface area contributed by atoms with Crippen LogP contribution in [0.25, 0.3) is 22.3 Å². The molecule has 3 amide bonds. The number of amides is 3. The summed E-state index contributed by atoms with van der Waals surface area (Å²) < 4.78 is 14.6. The number of aromatic amines is 2. The van der Waals surface area contributed by atoms with Gasteiger partial charge in [0.05, 0.1) is 22.7 Å². The van der Waals surface area contributed by atoms with E-state index in [-0.39, 0.29) is 52.5 Å². The summed E-state index contributed by atoms with van der Waals surface area (Å²) in [6.45, 7) is 2.52. The summed E-state index contributed by atoms with van der Waals surface area (Å²) in [4.78, 5) is 58.0. The number of carbonyl (C=O) groups excluding carboxylic acids is 4. The highest BCUT2D eigenvalue weighted by Crippen LogP contribution is 2.29. The molecule has 0 saturated carbocycles. The zero-order chi connectivity index (χ0) is 22.3. The Morgan fingerprint density at radius 2 is 1.81 bits per heavy atom. The van der Waals surface area contributed by atoms with Crippen molar-refractivity contribution in [1.29, 1.82) is 0 Å². The van der Waals surface area contributed by atoms with Crippen molar-refractivity contribution in [3.63, 3.8) is 0 Å². The van der Waals surface area contributed by atoms with Gasteiger partial charge in [-0.15, -0.1) is 0 Å². The molecule has 160 valence electrons. The lowest BCUT2D eigenvalue weighted by Crippen LogP contribution is -2.51. The second-order valence-electron chi connectivity index (χ2n) is 7.07. The lowest BCUT2D eigenvalue weighted by atomic mass is 10.1.